The third-order valence-corrected chi connectivity index (χ3v) is 5.13. The van der Waals surface area contributed by atoms with Gasteiger partial charge in [-0.05, 0) is 48.5 Å². The molecule has 3 aromatic rings. The zero-order chi connectivity index (χ0) is 22.3. The van der Waals surface area contributed by atoms with Gasteiger partial charge in [-0.2, -0.15) is 0 Å². The first-order valence-corrected chi connectivity index (χ1v) is 10.3. The number of benzene rings is 2. The Morgan fingerprint density at radius 2 is 1.66 bits per heavy atom. The molecule has 32 heavy (non-hydrogen) atoms. The summed E-state index contributed by atoms with van der Waals surface area (Å²) in [6.07, 6.45) is 1.60. The molecule has 2 aromatic carbocycles. The molecule has 1 aliphatic heterocycles. The van der Waals surface area contributed by atoms with Crippen LogP contribution in [0.3, 0.4) is 0 Å². The first-order valence-electron chi connectivity index (χ1n) is 10.3. The van der Waals surface area contributed by atoms with E-state index in [0.717, 1.165) is 5.82 Å². The lowest BCUT2D eigenvalue weighted by atomic mass is 10.2. The number of ether oxygens (including phenoxy) is 1. The molecular weight excluding hydrogens is 411 g/mol. The van der Waals surface area contributed by atoms with E-state index in [1.54, 1.807) is 29.3 Å². The van der Waals surface area contributed by atoms with E-state index in [-0.39, 0.29) is 24.2 Å². The molecule has 2 heterocycles. The van der Waals surface area contributed by atoms with E-state index in [2.05, 4.69) is 15.2 Å². The van der Waals surface area contributed by atoms with Gasteiger partial charge in [0.05, 0.1) is 11.9 Å². The Balaban J connectivity index is 1.26. The number of anilines is 2. The van der Waals surface area contributed by atoms with E-state index in [1.165, 1.54) is 24.3 Å². The highest BCUT2D eigenvalue weighted by atomic mass is 19.1. The van der Waals surface area contributed by atoms with Crippen molar-refractivity contribution in [1.29, 1.82) is 0 Å². The number of halogens is 1. The van der Waals surface area contributed by atoms with E-state index in [4.69, 9.17) is 4.74 Å². The van der Waals surface area contributed by atoms with E-state index in [9.17, 15) is 14.0 Å². The fourth-order valence-corrected chi connectivity index (χ4v) is 3.42. The van der Waals surface area contributed by atoms with Crippen LogP contribution in [-0.4, -0.2) is 54.5 Å². The monoisotopic (exact) mass is 434 g/mol. The summed E-state index contributed by atoms with van der Waals surface area (Å²) in [5, 5.41) is 2.76. The molecule has 7 nitrogen and oxygen atoms in total. The van der Waals surface area contributed by atoms with Crippen molar-refractivity contribution in [2.75, 3.05) is 43.0 Å². The van der Waals surface area contributed by atoms with Crippen LogP contribution in [0.15, 0.2) is 72.9 Å². The van der Waals surface area contributed by atoms with E-state index >= 15 is 0 Å². The quantitative estimate of drug-likeness (QED) is 0.645. The number of carbonyl (C=O) groups excluding carboxylic acids is 2. The van der Waals surface area contributed by atoms with Gasteiger partial charge >= 0.3 is 0 Å². The molecule has 0 saturated carbocycles. The van der Waals surface area contributed by atoms with Crippen LogP contribution in [0.4, 0.5) is 15.9 Å². The predicted octanol–water partition coefficient (Wildman–Crippen LogP) is 3.20. The zero-order valence-electron chi connectivity index (χ0n) is 17.4. The number of hydrogen-bond donors (Lipinski definition) is 1. The number of amides is 2. The second kappa shape index (κ2) is 9.91. The second-order valence-corrected chi connectivity index (χ2v) is 7.34. The van der Waals surface area contributed by atoms with Gasteiger partial charge in [0.25, 0.3) is 11.8 Å². The van der Waals surface area contributed by atoms with Crippen LogP contribution in [0.25, 0.3) is 0 Å². The minimum atomic E-state index is -0.360. The fourth-order valence-electron chi connectivity index (χ4n) is 3.42. The maximum Gasteiger partial charge on any atom is 0.262 e. The SMILES string of the molecule is O=C(COc1ccccc1)Nc1ccc(N2CCN(C(=O)c3ccc(F)cc3)CC2)nc1. The van der Waals surface area contributed by atoms with Gasteiger partial charge in [-0.3, -0.25) is 9.59 Å². The Labute approximate surface area is 185 Å². The standard InChI is InChI=1S/C24H23FN4O3/c25-19-8-6-18(7-9-19)24(31)29-14-12-28(13-15-29)22-11-10-20(16-26-22)27-23(30)17-32-21-4-2-1-3-5-21/h1-11,16H,12-15,17H2,(H,27,30). The van der Waals surface area contributed by atoms with Crippen LogP contribution in [0.2, 0.25) is 0 Å². The lowest BCUT2D eigenvalue weighted by molar-refractivity contribution is -0.118. The zero-order valence-corrected chi connectivity index (χ0v) is 17.4. The summed E-state index contributed by atoms with van der Waals surface area (Å²) in [6, 6.07) is 18.4. The number of hydrogen-bond acceptors (Lipinski definition) is 5. The van der Waals surface area contributed by atoms with Crippen LogP contribution in [0.1, 0.15) is 10.4 Å². The van der Waals surface area contributed by atoms with Crippen molar-refractivity contribution in [2.45, 2.75) is 0 Å². The van der Waals surface area contributed by atoms with Gasteiger partial charge in [-0.15, -0.1) is 0 Å². The highest BCUT2D eigenvalue weighted by molar-refractivity contribution is 5.94. The Morgan fingerprint density at radius 3 is 2.31 bits per heavy atom. The molecule has 1 aromatic heterocycles. The molecule has 1 saturated heterocycles. The van der Waals surface area contributed by atoms with E-state index in [0.29, 0.717) is 43.2 Å². The number of aromatic nitrogens is 1. The van der Waals surface area contributed by atoms with Crippen LogP contribution < -0.4 is 15.0 Å². The molecular formula is C24H23FN4O3. The van der Waals surface area contributed by atoms with Gasteiger partial charge < -0.3 is 19.9 Å². The molecule has 2 amide bonds. The van der Waals surface area contributed by atoms with Gasteiger partial charge in [0.2, 0.25) is 0 Å². The number of piperazine rings is 1. The van der Waals surface area contributed by atoms with Gasteiger partial charge in [0.1, 0.15) is 17.4 Å². The maximum atomic E-state index is 13.1. The first kappa shape index (κ1) is 21.3. The van der Waals surface area contributed by atoms with Crippen molar-refractivity contribution < 1.29 is 18.7 Å². The summed E-state index contributed by atoms with van der Waals surface area (Å²) in [5.74, 6) is 0.677. The van der Waals surface area contributed by atoms with Gasteiger partial charge in [0, 0.05) is 31.7 Å². The smallest absolute Gasteiger partial charge is 0.262 e. The number of para-hydroxylation sites is 1. The highest BCUT2D eigenvalue weighted by Crippen LogP contribution is 2.18. The second-order valence-electron chi connectivity index (χ2n) is 7.34. The minimum absolute atomic E-state index is 0.0875. The molecule has 1 fully saturated rings. The Kier molecular flexibility index (Phi) is 6.60. The molecule has 164 valence electrons. The summed E-state index contributed by atoms with van der Waals surface area (Å²) >= 11 is 0. The molecule has 0 aliphatic carbocycles. The largest absolute Gasteiger partial charge is 0.484 e. The number of pyridine rings is 1. The predicted molar refractivity (Wildman–Crippen MR) is 119 cm³/mol. The highest BCUT2D eigenvalue weighted by Gasteiger charge is 2.23. The van der Waals surface area contributed by atoms with Gasteiger partial charge in [0.15, 0.2) is 6.61 Å². The van der Waals surface area contributed by atoms with E-state index < -0.39 is 0 Å². The normalized spacial score (nSPS) is 13.5. The molecule has 1 N–H and O–H groups in total. The fraction of sp³-hybridized carbons (Fsp3) is 0.208. The summed E-state index contributed by atoms with van der Waals surface area (Å²) in [7, 11) is 0. The average Bonchev–Trinajstić information content (AvgIpc) is 2.84. The van der Waals surface area contributed by atoms with Crippen molar-refractivity contribution >= 4 is 23.3 Å². The number of nitrogens with zero attached hydrogens (tertiary/aromatic N) is 3. The third kappa shape index (κ3) is 5.40. The minimum Gasteiger partial charge on any atom is -0.484 e. The number of carbonyl (C=O) groups is 2. The van der Waals surface area contributed by atoms with Crippen molar-refractivity contribution in [3.8, 4) is 5.75 Å². The third-order valence-electron chi connectivity index (χ3n) is 5.13. The number of rotatable bonds is 6. The summed E-state index contributed by atoms with van der Waals surface area (Å²) in [4.78, 5) is 32.9. The Morgan fingerprint density at radius 1 is 0.938 bits per heavy atom. The average molecular weight is 434 g/mol. The number of nitrogens with one attached hydrogen (secondary N) is 1. The molecule has 8 heteroatoms. The molecule has 4 rings (SSSR count). The maximum absolute atomic E-state index is 13.1. The summed E-state index contributed by atoms with van der Waals surface area (Å²) < 4.78 is 18.5. The topological polar surface area (TPSA) is 74.8 Å². The van der Waals surface area contributed by atoms with Crippen LogP contribution >= 0.6 is 0 Å². The van der Waals surface area contributed by atoms with Crippen LogP contribution in [0, 0.1) is 5.82 Å². The summed E-state index contributed by atoms with van der Waals surface area (Å²) in [6.45, 7) is 2.28. The molecule has 0 radical (unpaired) electrons. The van der Waals surface area contributed by atoms with Crippen LogP contribution in [-0.2, 0) is 4.79 Å². The molecule has 0 bridgehead atoms. The molecule has 0 atom stereocenters. The van der Waals surface area contributed by atoms with Crippen molar-refractivity contribution in [1.82, 2.24) is 9.88 Å². The van der Waals surface area contributed by atoms with Gasteiger partial charge in [-0.1, -0.05) is 18.2 Å². The Hall–Kier alpha value is -3.94. The molecule has 0 unspecified atom stereocenters. The van der Waals surface area contributed by atoms with Crippen LogP contribution in [0.5, 0.6) is 5.75 Å². The lowest BCUT2D eigenvalue weighted by Crippen LogP contribution is -2.49. The molecule has 1 aliphatic rings. The van der Waals surface area contributed by atoms with Crippen molar-refractivity contribution in [3.63, 3.8) is 0 Å². The van der Waals surface area contributed by atoms with E-state index in [1.807, 2.05) is 24.3 Å². The first-order chi connectivity index (χ1) is 15.6. The van der Waals surface area contributed by atoms with Crippen molar-refractivity contribution in [3.05, 3.63) is 84.3 Å². The van der Waals surface area contributed by atoms with Gasteiger partial charge in [-0.25, -0.2) is 9.37 Å². The van der Waals surface area contributed by atoms with Crippen molar-refractivity contribution in [2.24, 2.45) is 0 Å². The summed E-state index contributed by atoms with van der Waals surface area (Å²) in [5.41, 5.74) is 1.06. The molecule has 0 spiro atoms. The lowest BCUT2D eigenvalue weighted by Gasteiger charge is -2.35. The Bertz CT molecular complexity index is 1050.